The van der Waals surface area contributed by atoms with Crippen molar-refractivity contribution in [2.45, 2.75) is 44.6 Å². The number of thioether (sulfide) groups is 1. The Morgan fingerprint density at radius 2 is 2.11 bits per heavy atom. The van der Waals surface area contributed by atoms with Crippen molar-refractivity contribution in [2.24, 2.45) is 5.92 Å². The van der Waals surface area contributed by atoms with Gasteiger partial charge >= 0.3 is 0 Å². The zero-order chi connectivity index (χ0) is 18.8. The molecule has 140 valence electrons. The maximum Gasteiger partial charge on any atom is 0.234 e. The summed E-state index contributed by atoms with van der Waals surface area (Å²) in [6, 6.07) is 8.02. The Balaban J connectivity index is 1.47. The Morgan fingerprint density at radius 1 is 1.30 bits per heavy atom. The molecule has 0 bridgehead atoms. The molecule has 0 saturated carbocycles. The lowest BCUT2D eigenvalue weighted by Crippen LogP contribution is -2.14. The number of aromatic nitrogens is 2. The first kappa shape index (κ1) is 18.4. The molecule has 3 aromatic rings. The predicted octanol–water partition coefficient (Wildman–Crippen LogP) is 5.11. The van der Waals surface area contributed by atoms with E-state index in [4.69, 9.17) is 0 Å². The molecule has 0 unspecified atom stereocenters. The number of amides is 1. The lowest BCUT2D eigenvalue weighted by atomic mass is 9.89. The number of thiophene rings is 1. The second-order valence-corrected chi connectivity index (χ2v) is 9.15. The summed E-state index contributed by atoms with van der Waals surface area (Å²) in [7, 11) is 0. The Bertz CT molecular complexity index is 965. The van der Waals surface area contributed by atoms with Gasteiger partial charge in [-0.05, 0) is 54.9 Å². The van der Waals surface area contributed by atoms with Gasteiger partial charge in [0.1, 0.15) is 16.2 Å². The monoisotopic (exact) mass is 397 g/mol. The topological polar surface area (TPSA) is 54.9 Å². The molecule has 1 amide bonds. The van der Waals surface area contributed by atoms with Crippen molar-refractivity contribution in [1.29, 1.82) is 0 Å². The Labute approximate surface area is 167 Å². The van der Waals surface area contributed by atoms with E-state index in [2.05, 4.69) is 41.3 Å². The minimum atomic E-state index is -0.00581. The van der Waals surface area contributed by atoms with Crippen LogP contribution in [0.1, 0.15) is 36.3 Å². The Morgan fingerprint density at radius 3 is 2.89 bits per heavy atom. The molecule has 4 nitrogen and oxygen atoms in total. The highest BCUT2D eigenvalue weighted by Gasteiger charge is 2.23. The molecule has 1 aromatic carbocycles. The molecular weight excluding hydrogens is 374 g/mol. The third kappa shape index (κ3) is 4.01. The second-order valence-electron chi connectivity index (χ2n) is 7.10. The molecule has 27 heavy (non-hydrogen) atoms. The molecule has 2 aromatic heterocycles. The van der Waals surface area contributed by atoms with E-state index in [0.29, 0.717) is 5.75 Å². The summed E-state index contributed by atoms with van der Waals surface area (Å²) in [5, 5.41) is 5.08. The van der Waals surface area contributed by atoms with Crippen molar-refractivity contribution in [2.75, 3.05) is 11.1 Å². The van der Waals surface area contributed by atoms with Crippen molar-refractivity contribution in [3.8, 4) is 0 Å². The molecule has 1 aliphatic rings. The highest BCUT2D eigenvalue weighted by molar-refractivity contribution is 8.00. The molecule has 2 heterocycles. The number of rotatable bonds is 5. The van der Waals surface area contributed by atoms with Gasteiger partial charge in [0.15, 0.2) is 0 Å². The van der Waals surface area contributed by atoms with E-state index in [1.165, 1.54) is 39.6 Å². The van der Waals surface area contributed by atoms with Crippen LogP contribution in [0.25, 0.3) is 10.2 Å². The largest absolute Gasteiger partial charge is 0.325 e. The minimum absolute atomic E-state index is 0.00581. The van der Waals surface area contributed by atoms with Gasteiger partial charge < -0.3 is 5.32 Å². The van der Waals surface area contributed by atoms with E-state index >= 15 is 0 Å². The summed E-state index contributed by atoms with van der Waals surface area (Å²) >= 11 is 3.30. The second kappa shape index (κ2) is 7.98. The van der Waals surface area contributed by atoms with E-state index in [9.17, 15) is 4.79 Å². The fraction of sp³-hybridized carbons (Fsp3) is 0.381. The number of hydrogen-bond acceptors (Lipinski definition) is 5. The third-order valence-corrected chi connectivity index (χ3v) is 7.19. The average molecular weight is 398 g/mol. The van der Waals surface area contributed by atoms with Gasteiger partial charge in [0, 0.05) is 16.0 Å². The summed E-state index contributed by atoms with van der Waals surface area (Å²) in [5.74, 6) is 1.08. The van der Waals surface area contributed by atoms with Gasteiger partial charge in [-0.3, -0.25) is 4.79 Å². The molecule has 0 spiro atoms. The normalized spacial score (nSPS) is 16.3. The highest BCUT2D eigenvalue weighted by atomic mass is 32.2. The predicted molar refractivity (Wildman–Crippen MR) is 114 cm³/mol. The summed E-state index contributed by atoms with van der Waals surface area (Å²) in [6.45, 7) is 4.43. The van der Waals surface area contributed by atoms with E-state index in [1.807, 2.05) is 12.1 Å². The Kier molecular flexibility index (Phi) is 5.45. The standard InChI is InChI=1S/C21H23N3OS2/c1-3-14-5-7-15(8-6-14)24-18(25)11-26-20-19-16-9-4-13(2)10-17(16)27-21(19)23-12-22-20/h5-8,12-13H,3-4,9-11H2,1-2H3,(H,24,25)/t13-/m1/s1. The molecule has 0 radical (unpaired) electrons. The summed E-state index contributed by atoms with van der Waals surface area (Å²) in [5.41, 5.74) is 3.52. The van der Waals surface area contributed by atoms with Crippen molar-refractivity contribution in [1.82, 2.24) is 9.97 Å². The number of carbonyl (C=O) groups excluding carboxylic acids is 1. The van der Waals surface area contributed by atoms with Crippen LogP contribution in [0.15, 0.2) is 35.6 Å². The number of fused-ring (bicyclic) bond motifs is 3. The maximum atomic E-state index is 12.4. The van der Waals surface area contributed by atoms with Crippen LogP contribution in [0.3, 0.4) is 0 Å². The van der Waals surface area contributed by atoms with E-state index in [0.717, 1.165) is 40.7 Å². The molecule has 0 fully saturated rings. The van der Waals surface area contributed by atoms with Gasteiger partial charge in [0.2, 0.25) is 5.91 Å². The van der Waals surface area contributed by atoms with E-state index < -0.39 is 0 Å². The molecule has 0 saturated heterocycles. The van der Waals surface area contributed by atoms with Crippen LogP contribution in [0.5, 0.6) is 0 Å². The first-order valence-corrected chi connectivity index (χ1v) is 11.2. The molecule has 6 heteroatoms. The van der Waals surface area contributed by atoms with E-state index in [1.54, 1.807) is 17.7 Å². The van der Waals surface area contributed by atoms with Crippen LogP contribution in [-0.4, -0.2) is 21.6 Å². The smallest absolute Gasteiger partial charge is 0.234 e. The molecule has 1 N–H and O–H groups in total. The number of nitrogens with one attached hydrogen (secondary N) is 1. The van der Waals surface area contributed by atoms with Gasteiger partial charge in [-0.2, -0.15) is 0 Å². The zero-order valence-electron chi connectivity index (χ0n) is 15.6. The minimum Gasteiger partial charge on any atom is -0.325 e. The zero-order valence-corrected chi connectivity index (χ0v) is 17.3. The highest BCUT2D eigenvalue weighted by Crippen LogP contribution is 2.40. The fourth-order valence-corrected chi connectivity index (χ4v) is 5.75. The quantitative estimate of drug-likeness (QED) is 0.480. The van der Waals surface area contributed by atoms with Gasteiger partial charge in [-0.15, -0.1) is 11.3 Å². The van der Waals surface area contributed by atoms with Crippen molar-refractivity contribution >= 4 is 44.9 Å². The van der Waals surface area contributed by atoms with Crippen LogP contribution in [0, 0.1) is 5.92 Å². The van der Waals surface area contributed by atoms with Crippen LogP contribution >= 0.6 is 23.1 Å². The molecule has 1 atom stereocenters. The summed E-state index contributed by atoms with van der Waals surface area (Å²) < 4.78 is 0. The molecule has 4 rings (SSSR count). The van der Waals surface area contributed by atoms with Gasteiger partial charge in [0.25, 0.3) is 0 Å². The summed E-state index contributed by atoms with van der Waals surface area (Å²) in [6.07, 6.45) is 6.06. The SMILES string of the molecule is CCc1ccc(NC(=O)CSc2ncnc3sc4c(c23)CC[C@@H](C)C4)cc1. The average Bonchev–Trinajstić information content (AvgIpc) is 3.05. The molecule has 0 aliphatic heterocycles. The first-order chi connectivity index (χ1) is 13.1. The number of carbonyl (C=O) groups is 1. The number of aryl methyl sites for hydroxylation is 2. The third-order valence-electron chi connectivity index (χ3n) is 5.04. The number of benzene rings is 1. The Hall–Kier alpha value is -1.92. The first-order valence-electron chi connectivity index (χ1n) is 9.41. The van der Waals surface area contributed by atoms with Crippen LogP contribution in [0.2, 0.25) is 0 Å². The van der Waals surface area contributed by atoms with Crippen molar-refractivity contribution in [3.05, 3.63) is 46.6 Å². The molecular formula is C21H23N3OS2. The van der Waals surface area contributed by atoms with Crippen molar-refractivity contribution < 1.29 is 4.79 Å². The lowest BCUT2D eigenvalue weighted by Gasteiger charge is -2.18. The van der Waals surface area contributed by atoms with Crippen LogP contribution in [0.4, 0.5) is 5.69 Å². The van der Waals surface area contributed by atoms with Crippen LogP contribution < -0.4 is 5.32 Å². The van der Waals surface area contributed by atoms with Gasteiger partial charge in [-0.1, -0.05) is 37.7 Å². The van der Waals surface area contributed by atoms with Crippen molar-refractivity contribution in [3.63, 3.8) is 0 Å². The summed E-state index contributed by atoms with van der Waals surface area (Å²) in [4.78, 5) is 23.8. The number of nitrogens with zero attached hydrogens (tertiary/aromatic N) is 2. The lowest BCUT2D eigenvalue weighted by molar-refractivity contribution is -0.113. The van der Waals surface area contributed by atoms with E-state index in [-0.39, 0.29) is 5.91 Å². The van der Waals surface area contributed by atoms with Gasteiger partial charge in [-0.25, -0.2) is 9.97 Å². The maximum absolute atomic E-state index is 12.4. The molecule has 1 aliphatic carbocycles. The van der Waals surface area contributed by atoms with Gasteiger partial charge in [0.05, 0.1) is 5.75 Å². The van der Waals surface area contributed by atoms with Crippen LogP contribution in [-0.2, 0) is 24.1 Å². The number of hydrogen-bond donors (Lipinski definition) is 1. The number of anilines is 1. The fourth-order valence-electron chi connectivity index (χ4n) is 3.51.